The van der Waals surface area contributed by atoms with Crippen molar-refractivity contribution in [1.82, 2.24) is 0 Å². The lowest BCUT2D eigenvalue weighted by molar-refractivity contribution is 1.59. The Morgan fingerprint density at radius 3 is 2.57 bits per heavy atom. The molecule has 0 saturated heterocycles. The molecule has 1 aromatic rings. The molecule has 1 heteroatoms. The molecule has 0 spiro atoms. The number of allylic oxidation sites excluding steroid dienone is 5. The molecule has 1 heterocycles. The Kier molecular flexibility index (Phi) is 3.46. The zero-order valence-electron chi connectivity index (χ0n) is 7.73. The molecular weight excluding hydrogens is 283 g/mol. The van der Waals surface area contributed by atoms with Gasteiger partial charge in [-0.05, 0) is 15.4 Å². The van der Waals surface area contributed by atoms with Gasteiger partial charge >= 0.3 is 0 Å². The molecule has 0 fully saturated rings. The van der Waals surface area contributed by atoms with Gasteiger partial charge in [-0.1, -0.05) is 75.4 Å². The molecule has 1 aliphatic heterocycles. The molecule has 0 unspecified atom stereocenters. The van der Waals surface area contributed by atoms with Crippen LogP contribution in [0.5, 0.6) is 0 Å². The van der Waals surface area contributed by atoms with Crippen LogP contribution in [0.25, 0.3) is 6.08 Å². The van der Waals surface area contributed by atoms with E-state index in [4.69, 9.17) is 0 Å². The van der Waals surface area contributed by atoms with Crippen LogP contribution in [-0.2, 0) is 0 Å². The number of rotatable bonds is 0. The first-order valence-corrected chi connectivity index (χ1v) is 6.85. The zero-order chi connectivity index (χ0) is 9.64. The summed E-state index contributed by atoms with van der Waals surface area (Å²) in [6.07, 6.45) is 12.6. The number of hydrogen-bond donors (Lipinski definition) is 0. The minimum atomic E-state index is 0.0231. The first kappa shape index (κ1) is 9.59. The maximum absolute atomic E-state index is 2.29. The van der Waals surface area contributed by atoms with Crippen molar-refractivity contribution in [3.8, 4) is 0 Å². The Hall–Kier alpha value is -0.960. The van der Waals surface area contributed by atoms with Crippen molar-refractivity contribution in [3.05, 3.63) is 67.1 Å². The van der Waals surface area contributed by atoms with Gasteiger partial charge in [0.05, 0.1) is 0 Å². The van der Waals surface area contributed by atoms with Gasteiger partial charge in [-0.3, -0.25) is 0 Å². The largest absolute Gasteiger partial charge is 0.0850 e. The normalized spacial score (nSPS) is 26.9. The van der Waals surface area contributed by atoms with Crippen LogP contribution in [0.15, 0.2) is 58.7 Å². The van der Waals surface area contributed by atoms with Crippen LogP contribution in [0, 0.1) is 3.15 Å². The smallest absolute Gasteiger partial charge is 0.0149 e. The van der Waals surface area contributed by atoms with Gasteiger partial charge in [-0.25, -0.2) is 0 Å². The van der Waals surface area contributed by atoms with E-state index in [0.29, 0.717) is 0 Å². The fourth-order valence-electron chi connectivity index (χ4n) is 1.21. The minimum Gasteiger partial charge on any atom is -0.0850 e. The highest BCUT2D eigenvalue weighted by Crippen LogP contribution is 2.05. The Bertz CT molecular complexity index is 457. The van der Waals surface area contributed by atoms with Gasteiger partial charge in [0, 0.05) is 3.15 Å². The molecule has 0 nitrogen and oxygen atoms in total. The zero-order valence-corrected chi connectivity index (χ0v) is 9.89. The summed E-state index contributed by atoms with van der Waals surface area (Å²) >= 11 is 0.0231. The second kappa shape index (κ2) is 5.05. The summed E-state index contributed by atoms with van der Waals surface area (Å²) < 4.78 is 3.78. The predicted molar refractivity (Wildman–Crippen MR) is 70.8 cm³/mol. The van der Waals surface area contributed by atoms with Crippen molar-refractivity contribution >= 4 is 26.8 Å². The fraction of sp³-hybridized carbons (Fsp3) is 0. The summed E-state index contributed by atoms with van der Waals surface area (Å²) in [7, 11) is 0. The lowest BCUT2D eigenvalue weighted by atomic mass is 10.3. The maximum atomic E-state index is 2.29. The third-order valence-electron chi connectivity index (χ3n) is 1.88. The highest BCUT2D eigenvalue weighted by Gasteiger charge is 1.81. The van der Waals surface area contributed by atoms with Crippen LogP contribution >= 0.6 is 20.7 Å². The van der Waals surface area contributed by atoms with Gasteiger partial charge in [0.1, 0.15) is 0 Å². The molecule has 0 amide bonds. The third-order valence-corrected chi connectivity index (χ3v) is 4.31. The lowest BCUT2D eigenvalue weighted by Gasteiger charge is -1.88. The summed E-state index contributed by atoms with van der Waals surface area (Å²) in [5.41, 5.74) is 0. The van der Waals surface area contributed by atoms with Gasteiger partial charge in [-0.2, -0.15) is 0 Å². The molecule has 2 rings (SSSR count). The van der Waals surface area contributed by atoms with Crippen LogP contribution in [-0.4, -0.2) is 0 Å². The molecule has 0 N–H and O–H groups in total. The van der Waals surface area contributed by atoms with Crippen LogP contribution in [0.4, 0.5) is 0 Å². The maximum Gasteiger partial charge on any atom is 0.0149 e. The summed E-state index contributed by atoms with van der Waals surface area (Å²) in [5.74, 6) is 0. The van der Waals surface area contributed by atoms with E-state index in [2.05, 4.69) is 64.8 Å². The number of halogens is 1. The fourth-order valence-corrected chi connectivity index (χ4v) is 3.18. The second-order valence-corrected chi connectivity index (χ2v) is 5.39. The van der Waals surface area contributed by atoms with Crippen LogP contribution in [0.1, 0.15) is 0 Å². The molecule has 0 atom stereocenters. The van der Waals surface area contributed by atoms with Crippen LogP contribution in [0.2, 0.25) is 0 Å². The van der Waals surface area contributed by atoms with E-state index < -0.39 is 0 Å². The van der Waals surface area contributed by atoms with Crippen LogP contribution < -0.4 is 5.22 Å². The van der Waals surface area contributed by atoms with E-state index >= 15 is 0 Å². The van der Waals surface area contributed by atoms with Gasteiger partial charge in [0.2, 0.25) is 0 Å². The van der Waals surface area contributed by atoms with E-state index in [-0.39, 0.29) is 20.7 Å². The Balaban J connectivity index is 2.67. The van der Waals surface area contributed by atoms with Crippen LogP contribution in [0.3, 0.4) is 0 Å². The molecule has 0 radical (unpaired) electrons. The minimum absolute atomic E-state index is 0.0231. The van der Waals surface area contributed by atoms with Crippen molar-refractivity contribution in [2.45, 2.75) is 0 Å². The summed E-state index contributed by atoms with van der Waals surface area (Å²) in [6, 6.07) is 8.62. The van der Waals surface area contributed by atoms with E-state index in [1.54, 1.807) is 0 Å². The summed E-state index contributed by atoms with van der Waals surface area (Å²) in [4.78, 5) is 0. The van der Waals surface area contributed by atoms with Gasteiger partial charge in [0.15, 0.2) is 0 Å². The average molecular weight is 294 g/mol. The van der Waals surface area contributed by atoms with Crippen molar-refractivity contribution in [2.24, 2.45) is 0 Å². The standard InChI is InChI=1S/C13H11I/c1-2-4-8-12-9-5-6-10-13(12)14-11-7-3-1/h1-11H/b2-1?,3-1-,4-2+,7-3?,8-4?,11-7+,12-8-. The van der Waals surface area contributed by atoms with Gasteiger partial charge in [-0.15, -0.1) is 0 Å². The van der Waals surface area contributed by atoms with Crippen molar-refractivity contribution < 1.29 is 0 Å². The lowest BCUT2D eigenvalue weighted by Crippen LogP contribution is -1.98. The first-order chi connectivity index (χ1) is 6.97. The summed E-state index contributed by atoms with van der Waals surface area (Å²) in [6.45, 7) is 0. The van der Waals surface area contributed by atoms with E-state index in [0.717, 1.165) is 0 Å². The molecule has 70 valence electrons. The Morgan fingerprint density at radius 2 is 1.57 bits per heavy atom. The molecule has 1 aliphatic rings. The van der Waals surface area contributed by atoms with E-state index in [1.807, 2.05) is 0 Å². The van der Waals surface area contributed by atoms with Crippen molar-refractivity contribution in [3.63, 3.8) is 0 Å². The highest BCUT2D eigenvalue weighted by atomic mass is 127. The summed E-state index contributed by atoms with van der Waals surface area (Å²) in [5, 5.41) is 1.36. The van der Waals surface area contributed by atoms with E-state index in [1.165, 1.54) is 8.37 Å². The predicted octanol–water partition coefficient (Wildman–Crippen LogP) is 3.33. The first-order valence-electron chi connectivity index (χ1n) is 4.52. The van der Waals surface area contributed by atoms with E-state index in [9.17, 15) is 0 Å². The number of hydrogen-bond acceptors (Lipinski definition) is 0. The van der Waals surface area contributed by atoms with Gasteiger partial charge in [0.25, 0.3) is 0 Å². The second-order valence-electron chi connectivity index (χ2n) is 2.89. The molecular formula is C13H11I. The SMILES string of the molecule is C1=C\C=C\I=c2/cccc/c2=C/C=C/1. The Morgan fingerprint density at radius 1 is 0.786 bits per heavy atom. The Labute approximate surface area is 93.7 Å². The molecule has 0 aliphatic carbocycles. The number of benzene rings is 1. The topological polar surface area (TPSA) is 0 Å². The molecule has 14 heavy (non-hydrogen) atoms. The van der Waals surface area contributed by atoms with Gasteiger partial charge < -0.3 is 0 Å². The van der Waals surface area contributed by atoms with Crippen molar-refractivity contribution in [2.75, 3.05) is 0 Å². The number of fused-ring (bicyclic) bond motifs is 1. The molecule has 0 aromatic heterocycles. The monoisotopic (exact) mass is 294 g/mol. The van der Waals surface area contributed by atoms with Crippen molar-refractivity contribution in [1.29, 1.82) is 0 Å². The molecule has 0 bridgehead atoms. The molecule has 0 saturated carbocycles. The quantitative estimate of drug-likeness (QED) is 0.644. The average Bonchev–Trinajstić information content (AvgIpc) is 2.25. The third kappa shape index (κ3) is 2.51. The molecule has 1 aromatic carbocycles. The highest BCUT2D eigenvalue weighted by molar-refractivity contribution is 14.2.